The minimum absolute atomic E-state index is 0.202. The molecule has 86 valence electrons. The van der Waals surface area contributed by atoms with Crippen LogP contribution in [0.3, 0.4) is 0 Å². The average Bonchev–Trinajstić information content (AvgIpc) is 2.31. The summed E-state index contributed by atoms with van der Waals surface area (Å²) in [6, 6.07) is 6.61. The molecule has 0 bridgehead atoms. The van der Waals surface area contributed by atoms with E-state index >= 15 is 0 Å². The Morgan fingerprint density at radius 2 is 1.94 bits per heavy atom. The highest BCUT2D eigenvalue weighted by Crippen LogP contribution is 2.34. The fraction of sp³-hybridized carbons (Fsp3) is 0.385. The molecule has 0 aliphatic carbocycles. The van der Waals surface area contributed by atoms with E-state index in [4.69, 9.17) is 4.74 Å². The molecule has 1 unspecified atom stereocenters. The zero-order chi connectivity index (χ0) is 11.6. The third-order valence-electron chi connectivity index (χ3n) is 2.99. The summed E-state index contributed by atoms with van der Waals surface area (Å²) in [6.07, 6.45) is 3.42. The van der Waals surface area contributed by atoms with Gasteiger partial charge in [0.25, 0.3) is 0 Å². The number of aliphatic hydroxyl groups is 1. The summed E-state index contributed by atoms with van der Waals surface area (Å²) in [5.41, 5.74) is 0.625. The molecule has 0 saturated heterocycles. The second-order valence-electron chi connectivity index (χ2n) is 4.24. The van der Waals surface area contributed by atoms with Crippen LogP contribution in [0.15, 0.2) is 36.1 Å². The molecule has 1 aliphatic heterocycles. The number of aromatic hydroxyl groups is 1. The van der Waals surface area contributed by atoms with Crippen LogP contribution in [-0.2, 0) is 10.3 Å². The van der Waals surface area contributed by atoms with E-state index in [2.05, 4.69) is 0 Å². The first-order valence-corrected chi connectivity index (χ1v) is 5.44. The zero-order valence-electron chi connectivity index (χ0n) is 9.31. The summed E-state index contributed by atoms with van der Waals surface area (Å²) < 4.78 is 5.24. The smallest absolute Gasteiger partial charge is 0.115 e. The lowest BCUT2D eigenvalue weighted by atomic mass is 9.85. The number of benzene rings is 1. The molecule has 0 radical (unpaired) electrons. The van der Waals surface area contributed by atoms with Gasteiger partial charge in [-0.05, 0) is 43.0 Å². The minimum atomic E-state index is -1.02. The maximum absolute atomic E-state index is 10.5. The fourth-order valence-electron chi connectivity index (χ4n) is 1.89. The highest BCUT2D eigenvalue weighted by Gasteiger charge is 2.29. The van der Waals surface area contributed by atoms with E-state index in [1.165, 1.54) is 0 Å². The number of rotatable bonds is 2. The molecule has 2 N–H and O–H groups in total. The van der Waals surface area contributed by atoms with Crippen molar-refractivity contribution in [2.24, 2.45) is 0 Å². The van der Waals surface area contributed by atoms with Gasteiger partial charge in [0.05, 0.1) is 12.9 Å². The van der Waals surface area contributed by atoms with Crippen molar-refractivity contribution >= 4 is 0 Å². The molecule has 3 nitrogen and oxygen atoms in total. The number of phenols is 1. The Kier molecular flexibility index (Phi) is 2.88. The van der Waals surface area contributed by atoms with Crippen LogP contribution in [-0.4, -0.2) is 16.8 Å². The molecule has 0 fully saturated rings. The summed E-state index contributed by atoms with van der Waals surface area (Å²) in [6.45, 7) is 2.47. The number of hydrogen-bond acceptors (Lipinski definition) is 3. The van der Waals surface area contributed by atoms with Crippen LogP contribution in [0.2, 0.25) is 0 Å². The van der Waals surface area contributed by atoms with Crippen molar-refractivity contribution in [1.29, 1.82) is 0 Å². The minimum Gasteiger partial charge on any atom is -0.508 e. The number of phenolic OH excluding ortho intramolecular Hbond substituents is 1. The first-order chi connectivity index (χ1) is 7.60. The van der Waals surface area contributed by atoms with Crippen molar-refractivity contribution < 1.29 is 14.9 Å². The maximum atomic E-state index is 10.5. The van der Waals surface area contributed by atoms with E-state index in [9.17, 15) is 10.2 Å². The predicted molar refractivity (Wildman–Crippen MR) is 60.9 cm³/mol. The van der Waals surface area contributed by atoms with Gasteiger partial charge in [0.1, 0.15) is 11.4 Å². The number of ether oxygens (including phenoxy) is 1. The summed E-state index contributed by atoms with van der Waals surface area (Å²) in [5.74, 6) is 0.202. The molecule has 1 aliphatic rings. The molecule has 1 atom stereocenters. The van der Waals surface area contributed by atoms with Crippen LogP contribution in [0.1, 0.15) is 25.3 Å². The molecule has 1 aromatic carbocycles. The Morgan fingerprint density at radius 3 is 2.50 bits per heavy atom. The molecular formula is C13H16O3. The van der Waals surface area contributed by atoms with E-state index in [0.717, 1.165) is 30.6 Å². The highest BCUT2D eigenvalue weighted by atomic mass is 16.5. The Labute approximate surface area is 95.0 Å². The number of hydrogen-bond donors (Lipinski definition) is 2. The van der Waals surface area contributed by atoms with Crippen LogP contribution in [0.5, 0.6) is 5.75 Å². The predicted octanol–water partition coefficient (Wildman–Crippen LogP) is 2.29. The molecule has 16 heavy (non-hydrogen) atoms. The molecule has 0 spiro atoms. The lowest BCUT2D eigenvalue weighted by Gasteiger charge is -2.29. The monoisotopic (exact) mass is 220 g/mol. The van der Waals surface area contributed by atoms with Gasteiger partial charge in [-0.3, -0.25) is 0 Å². The van der Waals surface area contributed by atoms with Crippen molar-refractivity contribution in [2.45, 2.75) is 25.4 Å². The van der Waals surface area contributed by atoms with E-state index in [1.807, 2.05) is 0 Å². The van der Waals surface area contributed by atoms with Gasteiger partial charge in [-0.1, -0.05) is 12.1 Å². The van der Waals surface area contributed by atoms with Gasteiger partial charge in [0.15, 0.2) is 0 Å². The van der Waals surface area contributed by atoms with E-state index in [1.54, 1.807) is 37.5 Å². The van der Waals surface area contributed by atoms with E-state index in [-0.39, 0.29) is 5.75 Å². The summed E-state index contributed by atoms with van der Waals surface area (Å²) in [7, 11) is 0. The summed E-state index contributed by atoms with van der Waals surface area (Å²) in [4.78, 5) is 0. The molecule has 2 rings (SSSR count). The molecular weight excluding hydrogens is 204 g/mol. The zero-order valence-corrected chi connectivity index (χ0v) is 9.31. The fourth-order valence-corrected chi connectivity index (χ4v) is 1.89. The molecule has 0 saturated carbocycles. The molecule has 0 amide bonds. The van der Waals surface area contributed by atoms with Crippen LogP contribution in [0.4, 0.5) is 0 Å². The van der Waals surface area contributed by atoms with Crippen molar-refractivity contribution in [2.75, 3.05) is 6.61 Å². The van der Waals surface area contributed by atoms with E-state index in [0.29, 0.717) is 0 Å². The van der Waals surface area contributed by atoms with Crippen LogP contribution < -0.4 is 0 Å². The molecule has 3 heteroatoms. The summed E-state index contributed by atoms with van der Waals surface area (Å²) >= 11 is 0. The topological polar surface area (TPSA) is 49.7 Å². The van der Waals surface area contributed by atoms with Gasteiger partial charge in [-0.25, -0.2) is 0 Å². The van der Waals surface area contributed by atoms with Gasteiger partial charge in [0, 0.05) is 0 Å². The second-order valence-corrected chi connectivity index (χ2v) is 4.24. The van der Waals surface area contributed by atoms with Crippen molar-refractivity contribution in [3.8, 4) is 5.75 Å². The SMILES string of the molecule is CC(O)(C1=COCCC1)c1ccc(O)cc1. The lowest BCUT2D eigenvalue weighted by Crippen LogP contribution is -2.26. The van der Waals surface area contributed by atoms with Gasteiger partial charge < -0.3 is 14.9 Å². The normalized spacial score (nSPS) is 19.5. The van der Waals surface area contributed by atoms with Crippen molar-refractivity contribution in [3.05, 3.63) is 41.7 Å². The van der Waals surface area contributed by atoms with Crippen LogP contribution in [0.25, 0.3) is 0 Å². The molecule has 1 heterocycles. The Bertz CT molecular complexity index is 390. The third kappa shape index (κ3) is 2.04. The Hall–Kier alpha value is -1.48. The largest absolute Gasteiger partial charge is 0.508 e. The highest BCUT2D eigenvalue weighted by molar-refractivity contribution is 5.35. The standard InChI is InChI=1S/C13H16O3/c1-13(15,11-3-2-8-16-9-11)10-4-6-12(14)7-5-10/h4-7,9,14-15H,2-3,8H2,1H3. The second kappa shape index (κ2) is 4.18. The van der Waals surface area contributed by atoms with Gasteiger partial charge >= 0.3 is 0 Å². The maximum Gasteiger partial charge on any atom is 0.115 e. The molecule has 1 aromatic rings. The summed E-state index contributed by atoms with van der Waals surface area (Å²) in [5, 5.41) is 19.7. The van der Waals surface area contributed by atoms with Crippen molar-refractivity contribution in [3.63, 3.8) is 0 Å². The van der Waals surface area contributed by atoms with Crippen molar-refractivity contribution in [1.82, 2.24) is 0 Å². The van der Waals surface area contributed by atoms with Gasteiger partial charge in [0.2, 0.25) is 0 Å². The van der Waals surface area contributed by atoms with Crippen LogP contribution >= 0.6 is 0 Å². The molecule has 0 aromatic heterocycles. The lowest BCUT2D eigenvalue weighted by molar-refractivity contribution is 0.0785. The third-order valence-corrected chi connectivity index (χ3v) is 2.99. The van der Waals surface area contributed by atoms with Gasteiger partial charge in [-0.2, -0.15) is 0 Å². The average molecular weight is 220 g/mol. The Morgan fingerprint density at radius 1 is 1.25 bits per heavy atom. The van der Waals surface area contributed by atoms with Gasteiger partial charge in [-0.15, -0.1) is 0 Å². The van der Waals surface area contributed by atoms with E-state index < -0.39 is 5.60 Å². The first-order valence-electron chi connectivity index (χ1n) is 5.44. The van der Waals surface area contributed by atoms with Crippen LogP contribution in [0, 0.1) is 0 Å². The Balaban J connectivity index is 2.30. The quantitative estimate of drug-likeness (QED) is 0.804. The first kappa shape index (κ1) is 11.0.